The number of nitrogens with zero attached hydrogens (tertiary/aromatic N) is 2. The zero-order chi connectivity index (χ0) is 16.2. The van der Waals surface area contributed by atoms with Gasteiger partial charge in [-0.15, -0.1) is 0 Å². The summed E-state index contributed by atoms with van der Waals surface area (Å²) in [4.78, 5) is 12.6. The summed E-state index contributed by atoms with van der Waals surface area (Å²) in [5, 5.41) is 20.2. The van der Waals surface area contributed by atoms with Crippen LogP contribution in [-0.4, -0.2) is 28.1 Å². The average Bonchev–Trinajstić information content (AvgIpc) is 2.99. The fourth-order valence-electron chi connectivity index (χ4n) is 3.35. The molecule has 2 aromatic rings. The second-order valence-corrected chi connectivity index (χ2v) is 5.87. The summed E-state index contributed by atoms with van der Waals surface area (Å²) in [6.45, 7) is 1.37. The third kappa shape index (κ3) is 3.41. The Morgan fingerprint density at radius 1 is 1.17 bits per heavy atom. The molecule has 1 unspecified atom stereocenters. The van der Waals surface area contributed by atoms with Crippen molar-refractivity contribution in [1.82, 2.24) is 4.90 Å². The van der Waals surface area contributed by atoms with Crippen LogP contribution >= 0.6 is 0 Å². The van der Waals surface area contributed by atoms with E-state index in [0.29, 0.717) is 19.1 Å². The highest BCUT2D eigenvalue weighted by Crippen LogP contribution is 2.36. The van der Waals surface area contributed by atoms with Crippen LogP contribution in [-0.2, 0) is 13.0 Å². The van der Waals surface area contributed by atoms with Gasteiger partial charge in [0.2, 0.25) is 0 Å². The monoisotopic (exact) mass is 312 g/mol. The minimum Gasteiger partial charge on any atom is -0.395 e. The van der Waals surface area contributed by atoms with E-state index >= 15 is 0 Å². The molecule has 0 aliphatic heterocycles. The van der Waals surface area contributed by atoms with Crippen molar-refractivity contribution in [2.45, 2.75) is 25.4 Å². The number of nitro benzene ring substituents is 1. The predicted octanol–water partition coefficient (Wildman–Crippen LogP) is 3.08. The second kappa shape index (κ2) is 6.89. The first-order valence-electron chi connectivity index (χ1n) is 7.85. The summed E-state index contributed by atoms with van der Waals surface area (Å²) in [5.41, 5.74) is 3.84. The van der Waals surface area contributed by atoms with Crippen molar-refractivity contribution >= 4 is 5.69 Å². The van der Waals surface area contributed by atoms with Crippen molar-refractivity contribution in [3.8, 4) is 0 Å². The van der Waals surface area contributed by atoms with Crippen LogP contribution in [0.4, 0.5) is 5.69 Å². The molecule has 0 saturated carbocycles. The fraction of sp³-hybridized carbons (Fsp3) is 0.333. The largest absolute Gasteiger partial charge is 0.395 e. The number of aliphatic hydroxyl groups is 1. The lowest BCUT2D eigenvalue weighted by molar-refractivity contribution is -0.384. The van der Waals surface area contributed by atoms with Crippen LogP contribution in [0.1, 0.15) is 29.2 Å². The molecule has 1 N–H and O–H groups in total. The van der Waals surface area contributed by atoms with Gasteiger partial charge in [0.1, 0.15) is 0 Å². The smallest absolute Gasteiger partial charge is 0.269 e. The van der Waals surface area contributed by atoms with Crippen LogP contribution in [0.15, 0.2) is 48.5 Å². The lowest BCUT2D eigenvalue weighted by atomic mass is 10.1. The molecule has 0 spiro atoms. The van der Waals surface area contributed by atoms with E-state index in [4.69, 9.17) is 0 Å². The summed E-state index contributed by atoms with van der Waals surface area (Å²) >= 11 is 0. The van der Waals surface area contributed by atoms with Crippen LogP contribution in [0.5, 0.6) is 0 Å². The van der Waals surface area contributed by atoms with Crippen LogP contribution in [0, 0.1) is 10.1 Å². The molecule has 23 heavy (non-hydrogen) atoms. The Labute approximate surface area is 135 Å². The maximum Gasteiger partial charge on any atom is 0.269 e. The molecule has 120 valence electrons. The minimum atomic E-state index is -0.386. The van der Waals surface area contributed by atoms with Crippen molar-refractivity contribution < 1.29 is 10.0 Å². The summed E-state index contributed by atoms with van der Waals surface area (Å²) in [6.07, 6.45) is 2.11. The van der Waals surface area contributed by atoms with Gasteiger partial charge in [-0.1, -0.05) is 36.4 Å². The van der Waals surface area contributed by atoms with Gasteiger partial charge in [-0.25, -0.2) is 0 Å². The molecular weight excluding hydrogens is 292 g/mol. The fourth-order valence-corrected chi connectivity index (χ4v) is 3.35. The number of rotatable bonds is 6. The lowest BCUT2D eigenvalue weighted by Crippen LogP contribution is -2.30. The Balaban J connectivity index is 1.78. The Kier molecular flexibility index (Phi) is 4.69. The predicted molar refractivity (Wildman–Crippen MR) is 88.1 cm³/mol. The number of hydrogen-bond donors (Lipinski definition) is 1. The molecule has 0 bridgehead atoms. The van der Waals surface area contributed by atoms with Crippen molar-refractivity contribution in [3.05, 3.63) is 75.3 Å². The highest BCUT2D eigenvalue weighted by atomic mass is 16.6. The van der Waals surface area contributed by atoms with Gasteiger partial charge >= 0.3 is 0 Å². The van der Waals surface area contributed by atoms with Gasteiger partial charge in [0.15, 0.2) is 0 Å². The molecule has 1 aliphatic carbocycles. The van der Waals surface area contributed by atoms with E-state index in [-0.39, 0.29) is 17.2 Å². The molecular formula is C18H20N2O3. The molecule has 0 radical (unpaired) electrons. The van der Waals surface area contributed by atoms with E-state index in [9.17, 15) is 15.2 Å². The van der Waals surface area contributed by atoms with Gasteiger partial charge in [-0.05, 0) is 29.5 Å². The third-order valence-corrected chi connectivity index (χ3v) is 4.46. The summed E-state index contributed by atoms with van der Waals surface area (Å²) in [7, 11) is 0. The van der Waals surface area contributed by atoms with Gasteiger partial charge in [-0.3, -0.25) is 15.0 Å². The Morgan fingerprint density at radius 3 is 2.61 bits per heavy atom. The first kappa shape index (κ1) is 15.6. The van der Waals surface area contributed by atoms with Crippen LogP contribution in [0.2, 0.25) is 0 Å². The molecule has 0 aromatic heterocycles. The standard InChI is InChI=1S/C18H20N2O3/c21-12-11-19(13-14-5-8-16(9-6-14)20(22)23)18-10-7-15-3-1-2-4-17(15)18/h1-6,8-9,18,21H,7,10-13H2. The maximum atomic E-state index is 10.7. The molecule has 2 aromatic carbocycles. The number of aryl methyl sites for hydroxylation is 1. The molecule has 0 heterocycles. The van der Waals surface area contributed by atoms with Crippen molar-refractivity contribution in [2.24, 2.45) is 0 Å². The van der Waals surface area contributed by atoms with E-state index in [1.807, 2.05) is 0 Å². The summed E-state index contributed by atoms with van der Waals surface area (Å²) in [6, 6.07) is 15.4. The molecule has 5 heteroatoms. The first-order valence-corrected chi connectivity index (χ1v) is 7.85. The van der Waals surface area contributed by atoms with Gasteiger partial charge in [-0.2, -0.15) is 0 Å². The van der Waals surface area contributed by atoms with E-state index in [0.717, 1.165) is 18.4 Å². The minimum absolute atomic E-state index is 0.103. The quantitative estimate of drug-likeness (QED) is 0.657. The second-order valence-electron chi connectivity index (χ2n) is 5.87. The van der Waals surface area contributed by atoms with Gasteiger partial charge < -0.3 is 5.11 Å². The molecule has 1 atom stereocenters. The Morgan fingerprint density at radius 2 is 1.91 bits per heavy atom. The van der Waals surface area contributed by atoms with Crippen LogP contribution < -0.4 is 0 Å². The van der Waals surface area contributed by atoms with Crippen molar-refractivity contribution in [3.63, 3.8) is 0 Å². The molecule has 3 rings (SSSR count). The lowest BCUT2D eigenvalue weighted by Gasteiger charge is -2.29. The van der Waals surface area contributed by atoms with E-state index in [1.165, 1.54) is 23.3 Å². The highest BCUT2D eigenvalue weighted by Gasteiger charge is 2.27. The number of non-ortho nitro benzene ring substituents is 1. The topological polar surface area (TPSA) is 66.6 Å². The molecule has 0 saturated heterocycles. The van der Waals surface area contributed by atoms with Crippen molar-refractivity contribution in [1.29, 1.82) is 0 Å². The third-order valence-electron chi connectivity index (χ3n) is 4.46. The number of nitro groups is 1. The van der Waals surface area contributed by atoms with Gasteiger partial charge in [0, 0.05) is 31.3 Å². The maximum absolute atomic E-state index is 10.7. The van der Waals surface area contributed by atoms with Gasteiger partial charge in [0.25, 0.3) is 5.69 Å². The zero-order valence-electron chi connectivity index (χ0n) is 12.9. The number of aliphatic hydroxyl groups excluding tert-OH is 1. The van der Waals surface area contributed by atoms with E-state index in [1.54, 1.807) is 12.1 Å². The highest BCUT2D eigenvalue weighted by molar-refractivity contribution is 5.35. The number of fused-ring (bicyclic) bond motifs is 1. The normalized spacial score (nSPS) is 16.5. The molecule has 0 amide bonds. The first-order chi connectivity index (χ1) is 11.2. The van der Waals surface area contributed by atoms with Crippen LogP contribution in [0.25, 0.3) is 0 Å². The van der Waals surface area contributed by atoms with Crippen molar-refractivity contribution in [2.75, 3.05) is 13.2 Å². The molecule has 1 aliphatic rings. The number of benzene rings is 2. The van der Waals surface area contributed by atoms with Crippen LogP contribution in [0.3, 0.4) is 0 Å². The van der Waals surface area contributed by atoms with E-state index in [2.05, 4.69) is 29.2 Å². The Hall–Kier alpha value is -2.24. The van der Waals surface area contributed by atoms with Gasteiger partial charge in [0.05, 0.1) is 11.5 Å². The van der Waals surface area contributed by atoms with E-state index < -0.39 is 0 Å². The average molecular weight is 312 g/mol. The summed E-state index contributed by atoms with van der Waals surface area (Å²) in [5.74, 6) is 0. The zero-order valence-corrected chi connectivity index (χ0v) is 12.9. The molecule has 5 nitrogen and oxygen atoms in total. The summed E-state index contributed by atoms with van der Waals surface area (Å²) < 4.78 is 0. The Bertz CT molecular complexity index is 685. The number of hydrogen-bond acceptors (Lipinski definition) is 4. The molecule has 0 fully saturated rings. The SMILES string of the molecule is O=[N+]([O-])c1ccc(CN(CCO)C2CCc3ccccc32)cc1.